The Kier molecular flexibility index (Phi) is 7.64. The number of carbonyl (C=O) groups is 3. The van der Waals surface area contributed by atoms with E-state index in [0.717, 1.165) is 5.56 Å². The normalized spacial score (nSPS) is 10.2. The van der Waals surface area contributed by atoms with Crippen molar-refractivity contribution < 1.29 is 19.1 Å². The Balaban J connectivity index is 1.71. The van der Waals surface area contributed by atoms with Crippen molar-refractivity contribution in [1.29, 1.82) is 0 Å². The highest BCUT2D eigenvalue weighted by atomic mass is 35.5. The molecule has 2 rings (SSSR count). The summed E-state index contributed by atoms with van der Waals surface area (Å²) in [5.74, 6) is -1.50. The number of hydrogen-bond donors (Lipinski definition) is 2. The van der Waals surface area contributed by atoms with Gasteiger partial charge in [0.05, 0.1) is 17.1 Å². The van der Waals surface area contributed by atoms with Crippen LogP contribution in [0.3, 0.4) is 0 Å². The summed E-state index contributed by atoms with van der Waals surface area (Å²) in [6.45, 7) is 1.44. The average molecular weight is 409 g/mol. The van der Waals surface area contributed by atoms with Crippen molar-refractivity contribution in [3.05, 3.63) is 58.1 Å². The summed E-state index contributed by atoms with van der Waals surface area (Å²) < 4.78 is 4.88. The molecule has 2 amide bonds. The molecule has 0 unspecified atom stereocenters. The second kappa shape index (κ2) is 9.94. The number of hydrogen-bond acceptors (Lipinski definition) is 4. The van der Waals surface area contributed by atoms with Crippen molar-refractivity contribution in [2.24, 2.45) is 0 Å². The van der Waals surface area contributed by atoms with E-state index in [1.54, 1.807) is 24.3 Å². The molecule has 0 saturated heterocycles. The fourth-order valence-electron chi connectivity index (χ4n) is 2.14. The molecular weight excluding hydrogens is 391 g/mol. The van der Waals surface area contributed by atoms with Gasteiger partial charge in [0, 0.05) is 17.1 Å². The van der Waals surface area contributed by atoms with Crippen LogP contribution in [0.2, 0.25) is 10.0 Å². The predicted molar refractivity (Wildman–Crippen MR) is 105 cm³/mol. The van der Waals surface area contributed by atoms with Gasteiger partial charge in [-0.1, -0.05) is 41.4 Å². The molecule has 2 aromatic carbocycles. The third-order valence-electron chi connectivity index (χ3n) is 3.54. The van der Waals surface area contributed by atoms with E-state index in [9.17, 15) is 14.4 Å². The van der Waals surface area contributed by atoms with Crippen LogP contribution in [0.5, 0.6) is 0 Å². The quantitative estimate of drug-likeness (QED) is 0.672. The summed E-state index contributed by atoms with van der Waals surface area (Å²) >= 11 is 11.7. The SMILES string of the molecule is Cc1ccccc1NC(=O)COC(=O)CCC(=O)Nc1ccc(Cl)cc1Cl. The average Bonchev–Trinajstić information content (AvgIpc) is 2.62. The number of halogens is 2. The van der Waals surface area contributed by atoms with Gasteiger partial charge in [-0.05, 0) is 36.8 Å². The van der Waals surface area contributed by atoms with E-state index in [-0.39, 0.29) is 12.8 Å². The lowest BCUT2D eigenvalue weighted by Crippen LogP contribution is -2.22. The summed E-state index contributed by atoms with van der Waals surface area (Å²) in [5, 5.41) is 5.98. The molecule has 0 fully saturated rings. The van der Waals surface area contributed by atoms with Crippen LogP contribution in [0.1, 0.15) is 18.4 Å². The molecule has 0 bridgehead atoms. The van der Waals surface area contributed by atoms with Crippen LogP contribution in [-0.2, 0) is 19.1 Å². The number of aryl methyl sites for hydroxylation is 1. The molecule has 2 N–H and O–H groups in total. The summed E-state index contributed by atoms with van der Waals surface area (Å²) in [6.07, 6.45) is -0.258. The van der Waals surface area contributed by atoms with Crippen molar-refractivity contribution in [3.8, 4) is 0 Å². The molecular formula is C19H18Cl2N2O4. The molecule has 0 spiro atoms. The van der Waals surface area contributed by atoms with Gasteiger partial charge in [-0.2, -0.15) is 0 Å². The third kappa shape index (κ3) is 6.92. The first-order valence-corrected chi connectivity index (χ1v) is 8.87. The van der Waals surface area contributed by atoms with Gasteiger partial charge in [-0.15, -0.1) is 0 Å². The van der Waals surface area contributed by atoms with E-state index < -0.39 is 24.4 Å². The summed E-state index contributed by atoms with van der Waals surface area (Å²) in [4.78, 5) is 35.4. The van der Waals surface area contributed by atoms with Gasteiger partial charge in [-0.3, -0.25) is 14.4 Å². The van der Waals surface area contributed by atoms with Crippen molar-refractivity contribution in [1.82, 2.24) is 0 Å². The lowest BCUT2D eigenvalue weighted by atomic mass is 10.2. The highest BCUT2D eigenvalue weighted by Crippen LogP contribution is 2.25. The highest BCUT2D eigenvalue weighted by Gasteiger charge is 2.12. The molecule has 0 atom stereocenters. The van der Waals surface area contributed by atoms with Gasteiger partial charge >= 0.3 is 5.97 Å². The number of rotatable bonds is 7. The first-order valence-electron chi connectivity index (χ1n) is 8.11. The topological polar surface area (TPSA) is 84.5 Å². The van der Waals surface area contributed by atoms with Crippen molar-refractivity contribution in [2.45, 2.75) is 19.8 Å². The molecule has 0 aromatic heterocycles. The van der Waals surface area contributed by atoms with Gasteiger partial charge in [-0.25, -0.2) is 0 Å². The van der Waals surface area contributed by atoms with Crippen molar-refractivity contribution in [2.75, 3.05) is 17.2 Å². The first kappa shape index (κ1) is 20.7. The number of anilines is 2. The zero-order valence-electron chi connectivity index (χ0n) is 14.6. The van der Waals surface area contributed by atoms with Gasteiger partial charge in [0.15, 0.2) is 6.61 Å². The Bertz CT molecular complexity index is 855. The summed E-state index contributed by atoms with van der Waals surface area (Å²) in [6, 6.07) is 11.9. The van der Waals surface area contributed by atoms with Crippen molar-refractivity contribution in [3.63, 3.8) is 0 Å². The van der Waals surface area contributed by atoms with Gasteiger partial charge in [0.1, 0.15) is 0 Å². The molecule has 0 saturated carbocycles. The number of amides is 2. The Morgan fingerprint density at radius 2 is 1.63 bits per heavy atom. The number of carbonyl (C=O) groups excluding carboxylic acids is 3. The second-order valence-electron chi connectivity index (χ2n) is 5.70. The van der Waals surface area contributed by atoms with Gasteiger partial charge in [0.25, 0.3) is 5.91 Å². The lowest BCUT2D eigenvalue weighted by Gasteiger charge is -2.09. The Morgan fingerprint density at radius 1 is 0.926 bits per heavy atom. The molecule has 6 nitrogen and oxygen atoms in total. The molecule has 8 heteroatoms. The molecule has 142 valence electrons. The maximum Gasteiger partial charge on any atom is 0.306 e. The van der Waals surface area contributed by atoms with E-state index >= 15 is 0 Å². The largest absolute Gasteiger partial charge is 0.456 e. The minimum atomic E-state index is -0.646. The third-order valence-corrected chi connectivity index (χ3v) is 4.09. The zero-order chi connectivity index (χ0) is 19.8. The molecule has 0 aliphatic rings. The maximum absolute atomic E-state index is 11.9. The van der Waals surface area contributed by atoms with Gasteiger partial charge < -0.3 is 15.4 Å². The fraction of sp³-hybridized carbons (Fsp3) is 0.211. The highest BCUT2D eigenvalue weighted by molar-refractivity contribution is 6.36. The number of nitrogens with one attached hydrogen (secondary N) is 2. The van der Waals surface area contributed by atoms with Crippen LogP contribution in [0, 0.1) is 6.92 Å². The van der Waals surface area contributed by atoms with E-state index in [1.807, 2.05) is 19.1 Å². The Morgan fingerprint density at radius 3 is 2.33 bits per heavy atom. The second-order valence-corrected chi connectivity index (χ2v) is 6.54. The van der Waals surface area contributed by atoms with Crippen LogP contribution < -0.4 is 10.6 Å². The monoisotopic (exact) mass is 408 g/mol. The molecule has 27 heavy (non-hydrogen) atoms. The van der Waals surface area contributed by atoms with Crippen LogP contribution in [0.15, 0.2) is 42.5 Å². The predicted octanol–water partition coefficient (Wildman–Crippen LogP) is 4.20. The number of benzene rings is 2. The van der Waals surface area contributed by atoms with Crippen LogP contribution in [0.25, 0.3) is 0 Å². The Labute approximate surface area is 166 Å². The first-order chi connectivity index (χ1) is 12.8. The standard InChI is InChI=1S/C19H18Cl2N2O4/c1-12-4-2-3-5-15(12)22-18(25)11-27-19(26)9-8-17(24)23-16-7-6-13(20)10-14(16)21/h2-7,10H,8-9,11H2,1H3,(H,22,25)(H,23,24). The summed E-state index contributed by atoms with van der Waals surface area (Å²) in [5.41, 5.74) is 1.95. The minimum absolute atomic E-state index is 0.1000. The zero-order valence-corrected chi connectivity index (χ0v) is 16.1. The summed E-state index contributed by atoms with van der Waals surface area (Å²) in [7, 11) is 0. The number of esters is 1. The van der Waals surface area contributed by atoms with Gasteiger partial charge in [0.2, 0.25) is 5.91 Å². The lowest BCUT2D eigenvalue weighted by molar-refractivity contribution is -0.147. The Hall–Kier alpha value is -2.57. The number of ether oxygens (including phenoxy) is 1. The van der Waals surface area contributed by atoms with Crippen LogP contribution in [0.4, 0.5) is 11.4 Å². The smallest absolute Gasteiger partial charge is 0.306 e. The van der Waals surface area contributed by atoms with Crippen LogP contribution >= 0.6 is 23.2 Å². The minimum Gasteiger partial charge on any atom is -0.456 e. The molecule has 2 aromatic rings. The molecule has 0 aliphatic heterocycles. The van der Waals surface area contributed by atoms with E-state index in [2.05, 4.69) is 10.6 Å². The van der Waals surface area contributed by atoms with Crippen LogP contribution in [-0.4, -0.2) is 24.4 Å². The number of para-hydroxylation sites is 1. The fourth-order valence-corrected chi connectivity index (χ4v) is 2.59. The van der Waals surface area contributed by atoms with Crippen molar-refractivity contribution >= 4 is 52.4 Å². The molecule has 0 aliphatic carbocycles. The van der Waals surface area contributed by atoms with E-state index in [4.69, 9.17) is 27.9 Å². The van der Waals surface area contributed by atoms with E-state index in [0.29, 0.717) is 21.4 Å². The molecule has 0 heterocycles. The van der Waals surface area contributed by atoms with E-state index in [1.165, 1.54) is 6.07 Å². The maximum atomic E-state index is 11.9. The molecule has 0 radical (unpaired) electrons.